The number of carbonyl (C=O) groups is 4. The molecule has 48 heavy (non-hydrogen) atoms. The lowest BCUT2D eigenvalue weighted by Crippen LogP contribution is -2.75. The normalized spacial score (nSPS) is 30.9. The van der Waals surface area contributed by atoms with Crippen LogP contribution < -0.4 is 10.5 Å². The van der Waals surface area contributed by atoms with Gasteiger partial charge < -0.3 is 35.6 Å². The molecule has 258 valence electrons. The first-order chi connectivity index (χ1) is 22.8. The van der Waals surface area contributed by atoms with Gasteiger partial charge in [-0.25, -0.2) is 0 Å². The van der Waals surface area contributed by atoms with Crippen molar-refractivity contribution in [1.29, 1.82) is 0 Å². The van der Waals surface area contributed by atoms with Crippen molar-refractivity contribution in [2.75, 3.05) is 53.9 Å². The summed E-state index contributed by atoms with van der Waals surface area (Å²) in [5, 5.41) is 34.0. The number of fused-ring (bicyclic) bond motifs is 3. The number of ketones is 3. The van der Waals surface area contributed by atoms with E-state index in [9.17, 15) is 34.5 Å². The molecule has 0 aromatic heterocycles. The lowest BCUT2D eigenvalue weighted by atomic mass is 9.52. The number of Topliss-reactive ketones (excluding diaryl/α,β-unsaturated/α-hetero) is 3. The number of likely N-dealkylation sites (N-methyl/N-ethyl adjacent to an activating group) is 1. The van der Waals surface area contributed by atoms with Gasteiger partial charge in [-0.15, -0.1) is 0 Å². The maximum absolute atomic E-state index is 14.2. The predicted molar refractivity (Wildman–Crippen MR) is 176 cm³/mol. The number of aliphatic hydroxyl groups excluding tert-OH is 1. The summed E-state index contributed by atoms with van der Waals surface area (Å²) < 4.78 is 5.72. The fraction of sp³-hybridized carbons (Fsp3) is 0.556. The molecule has 12 heteroatoms. The number of benzene rings is 2. The van der Waals surface area contributed by atoms with E-state index in [1.165, 1.54) is 6.07 Å². The highest BCUT2D eigenvalue weighted by atomic mass is 16.5. The highest BCUT2D eigenvalue weighted by Crippen LogP contribution is 2.52. The zero-order valence-electron chi connectivity index (χ0n) is 28.0. The molecule has 1 amide bonds. The highest BCUT2D eigenvalue weighted by Gasteiger charge is 2.69. The van der Waals surface area contributed by atoms with Crippen LogP contribution in [0.2, 0.25) is 0 Å². The quantitative estimate of drug-likeness (QED) is 0.295. The molecule has 1 aliphatic heterocycles. The average molecular weight is 663 g/mol. The van der Waals surface area contributed by atoms with Crippen molar-refractivity contribution in [2.45, 2.75) is 50.5 Å². The van der Waals surface area contributed by atoms with E-state index in [4.69, 9.17) is 10.5 Å². The lowest BCUT2D eigenvalue weighted by Gasteiger charge is -2.54. The molecule has 7 atom stereocenters. The number of phenolic OH excluding ortho intramolecular Hbond substituents is 1. The Hall–Kier alpha value is -3.68. The van der Waals surface area contributed by atoms with Gasteiger partial charge in [0.05, 0.1) is 24.7 Å². The van der Waals surface area contributed by atoms with E-state index in [-0.39, 0.29) is 24.2 Å². The van der Waals surface area contributed by atoms with Gasteiger partial charge in [-0.05, 0) is 80.7 Å². The Morgan fingerprint density at radius 2 is 1.75 bits per heavy atom. The molecule has 1 heterocycles. The van der Waals surface area contributed by atoms with Crippen molar-refractivity contribution in [3.05, 3.63) is 47.0 Å². The number of aliphatic hydroxyl groups is 2. The van der Waals surface area contributed by atoms with E-state index in [2.05, 4.69) is 16.7 Å². The Morgan fingerprint density at radius 1 is 1.06 bits per heavy atom. The Morgan fingerprint density at radius 3 is 2.38 bits per heavy atom. The Bertz CT molecular complexity index is 1640. The van der Waals surface area contributed by atoms with Crippen LogP contribution >= 0.6 is 0 Å². The number of piperazine rings is 1. The van der Waals surface area contributed by atoms with Crippen molar-refractivity contribution in [3.63, 3.8) is 0 Å². The van der Waals surface area contributed by atoms with Crippen molar-refractivity contribution >= 4 is 23.3 Å². The second-order valence-electron chi connectivity index (χ2n) is 14.1. The molecule has 4 aliphatic rings. The third-order valence-electron chi connectivity index (χ3n) is 11.2. The van der Waals surface area contributed by atoms with Gasteiger partial charge in [0.1, 0.15) is 17.4 Å². The number of primary amides is 1. The van der Waals surface area contributed by atoms with Crippen molar-refractivity contribution < 1.29 is 39.2 Å². The molecule has 2 aromatic carbocycles. The van der Waals surface area contributed by atoms with Gasteiger partial charge in [0.15, 0.2) is 23.0 Å². The number of nitrogens with zero attached hydrogens (tertiary/aromatic N) is 3. The van der Waals surface area contributed by atoms with Crippen molar-refractivity contribution in [3.8, 4) is 22.6 Å². The van der Waals surface area contributed by atoms with E-state index in [0.29, 0.717) is 12.1 Å². The van der Waals surface area contributed by atoms with Gasteiger partial charge in [0.2, 0.25) is 5.91 Å². The van der Waals surface area contributed by atoms with Gasteiger partial charge in [-0.2, -0.15) is 0 Å². The van der Waals surface area contributed by atoms with E-state index in [1.54, 1.807) is 32.2 Å². The fourth-order valence-electron chi connectivity index (χ4n) is 8.89. The number of rotatable bonds is 8. The van der Waals surface area contributed by atoms with Gasteiger partial charge >= 0.3 is 0 Å². The molecule has 12 nitrogen and oxygen atoms in total. The van der Waals surface area contributed by atoms with Crippen LogP contribution in [0.5, 0.6) is 11.5 Å². The summed E-state index contributed by atoms with van der Waals surface area (Å²) in [6.45, 7) is 7.84. The molecular weight excluding hydrogens is 616 g/mol. The molecule has 0 spiro atoms. The number of methoxy groups -OCH3 is 1. The summed E-state index contributed by atoms with van der Waals surface area (Å²) in [6.07, 6.45) is -0.141. The first kappa shape index (κ1) is 34.2. The number of hydrogen-bond acceptors (Lipinski definition) is 11. The second-order valence-corrected chi connectivity index (χ2v) is 14.1. The molecule has 1 saturated heterocycles. The minimum Gasteiger partial charge on any atom is -0.507 e. The van der Waals surface area contributed by atoms with Gasteiger partial charge in [0, 0.05) is 50.2 Å². The summed E-state index contributed by atoms with van der Waals surface area (Å²) in [5.74, 6) is -8.47. The number of ether oxygens (including phenoxy) is 1. The summed E-state index contributed by atoms with van der Waals surface area (Å²) in [7, 11) is 4.89. The maximum Gasteiger partial charge on any atom is 0.230 e. The van der Waals surface area contributed by atoms with E-state index in [1.807, 2.05) is 18.2 Å². The monoisotopic (exact) mass is 662 g/mol. The van der Waals surface area contributed by atoms with Crippen molar-refractivity contribution in [2.24, 2.45) is 29.4 Å². The zero-order chi connectivity index (χ0) is 34.7. The average Bonchev–Trinajstić information content (AvgIpc) is 3.03. The molecule has 0 bridgehead atoms. The largest absolute Gasteiger partial charge is 0.507 e. The highest BCUT2D eigenvalue weighted by molar-refractivity contribution is 6.25. The number of carbonyl (C=O) groups excluding carboxylic acids is 4. The van der Waals surface area contributed by atoms with Crippen LogP contribution in [0.15, 0.2) is 30.3 Å². The van der Waals surface area contributed by atoms with Crippen LogP contribution in [0.4, 0.5) is 0 Å². The number of nitrogens with two attached hydrogens (primary N) is 1. The van der Waals surface area contributed by atoms with Crippen LogP contribution in [0.3, 0.4) is 0 Å². The van der Waals surface area contributed by atoms with E-state index >= 15 is 0 Å². The van der Waals surface area contributed by atoms with Gasteiger partial charge in [0.25, 0.3) is 0 Å². The number of phenols is 1. The summed E-state index contributed by atoms with van der Waals surface area (Å²) in [4.78, 5) is 60.7. The second kappa shape index (κ2) is 13.0. The molecule has 3 fully saturated rings. The predicted octanol–water partition coefficient (Wildman–Crippen LogP) is 0.862. The number of aromatic hydroxyl groups is 1. The number of hydrogen-bond donors (Lipinski definition) is 4. The Kier molecular flexibility index (Phi) is 9.24. The van der Waals surface area contributed by atoms with Crippen LogP contribution in [0, 0.1) is 23.7 Å². The first-order valence-corrected chi connectivity index (χ1v) is 16.8. The molecular formula is C36H46N4O8. The summed E-state index contributed by atoms with van der Waals surface area (Å²) >= 11 is 0. The van der Waals surface area contributed by atoms with Crippen LogP contribution in [-0.2, 0) is 27.3 Å². The molecule has 5 N–H and O–H groups in total. The topological polar surface area (TPSA) is 174 Å². The zero-order valence-corrected chi connectivity index (χ0v) is 28.0. The Labute approximate surface area is 280 Å². The molecule has 2 saturated carbocycles. The maximum atomic E-state index is 14.2. The van der Waals surface area contributed by atoms with Crippen molar-refractivity contribution in [1.82, 2.24) is 14.7 Å². The molecule has 0 radical (unpaired) electrons. The number of amides is 1. The smallest absolute Gasteiger partial charge is 0.230 e. The van der Waals surface area contributed by atoms with Crippen LogP contribution in [0.1, 0.15) is 41.3 Å². The third kappa shape index (κ3) is 5.43. The minimum absolute atomic E-state index is 0.00697. The molecule has 3 aliphatic carbocycles. The Balaban J connectivity index is 1.37. The van der Waals surface area contributed by atoms with Crippen LogP contribution in [0.25, 0.3) is 11.1 Å². The fourth-order valence-corrected chi connectivity index (χ4v) is 8.89. The first-order valence-electron chi connectivity index (χ1n) is 16.8. The van der Waals surface area contributed by atoms with E-state index < -0.39 is 64.7 Å². The standard InChI is InChI=1S/C36H46N4O8/c1-5-10-39-11-13-40(14-12-39)18-21-15-19(6-9-26(21)48-4)22-7-8-25(41)28-23(22)16-20-17-24-30(38(2)3)32(43)29(35(37)46)34(45)36(24,47)33(44)27(20)31(28)42/h6-9,15,20,24,27,29-30,32,41,43,47H,5,10-14,16-18H2,1-4H3,(H2,37,46)/t20-,24-,27?,29?,30-,32?,36-/m1/s1. The molecule has 3 unspecified atom stereocenters. The lowest BCUT2D eigenvalue weighted by molar-refractivity contribution is -0.190. The molecule has 2 aromatic rings. The van der Waals surface area contributed by atoms with Gasteiger partial charge in [-0.3, -0.25) is 24.1 Å². The van der Waals surface area contributed by atoms with Gasteiger partial charge in [-0.1, -0.05) is 19.1 Å². The minimum atomic E-state index is -2.69. The van der Waals surface area contributed by atoms with E-state index in [0.717, 1.165) is 61.6 Å². The summed E-state index contributed by atoms with van der Waals surface area (Å²) in [6, 6.07) is 8.11. The summed E-state index contributed by atoms with van der Waals surface area (Å²) in [5.41, 5.74) is 5.92. The third-order valence-corrected chi connectivity index (χ3v) is 11.2. The van der Waals surface area contributed by atoms with Crippen LogP contribution in [-0.4, -0.2) is 125 Å². The SMILES string of the molecule is CCCN1CCN(Cc2cc(-c3ccc(O)c4c3C[C@@H]3C[C@@H]5[C@@H](N(C)C)C(O)C(C(N)=O)C(=O)[C@]5(O)C(=O)C3C4=O)ccc2OC)CC1. The molecule has 6 rings (SSSR count).